The predicted molar refractivity (Wildman–Crippen MR) is 109 cm³/mol. The largest absolute Gasteiger partial charge is 0.416 e. The molecule has 0 spiro atoms. The maximum Gasteiger partial charge on any atom is 0.416 e. The van der Waals surface area contributed by atoms with Crippen LogP contribution in [-0.2, 0) is 10.9 Å². The zero-order chi connectivity index (χ0) is 21.5. The summed E-state index contributed by atoms with van der Waals surface area (Å²) in [6, 6.07) is 6.45. The molecule has 0 bridgehead atoms. The lowest BCUT2D eigenvalue weighted by atomic mass is 9.90. The summed E-state index contributed by atoms with van der Waals surface area (Å²) >= 11 is 0. The Hall–Kier alpha value is -2.39. The van der Waals surface area contributed by atoms with Crippen molar-refractivity contribution in [3.05, 3.63) is 41.6 Å². The number of hydrogen-bond donors (Lipinski definition) is 1. The second kappa shape index (κ2) is 8.03. The molecule has 0 aromatic carbocycles. The van der Waals surface area contributed by atoms with E-state index in [2.05, 4.69) is 45.0 Å². The van der Waals surface area contributed by atoms with E-state index < -0.39 is 11.7 Å². The van der Waals surface area contributed by atoms with Crippen LogP contribution in [0.25, 0.3) is 0 Å². The normalized spacial score (nSPS) is 18.4. The van der Waals surface area contributed by atoms with Crippen LogP contribution in [0.4, 0.5) is 30.6 Å². The minimum Gasteiger partial charge on any atom is -0.378 e. The van der Waals surface area contributed by atoms with E-state index in [-0.39, 0.29) is 11.9 Å². The van der Waals surface area contributed by atoms with Gasteiger partial charge in [-0.3, -0.25) is 4.90 Å². The van der Waals surface area contributed by atoms with Gasteiger partial charge in [0, 0.05) is 51.4 Å². The Morgan fingerprint density at radius 1 is 1.10 bits per heavy atom. The highest BCUT2D eigenvalue weighted by Gasteiger charge is 2.33. The van der Waals surface area contributed by atoms with Gasteiger partial charge in [-0.2, -0.15) is 13.2 Å². The van der Waals surface area contributed by atoms with Gasteiger partial charge in [0.1, 0.15) is 17.5 Å². The summed E-state index contributed by atoms with van der Waals surface area (Å²) in [6.45, 7) is 7.76. The van der Waals surface area contributed by atoms with Gasteiger partial charge in [-0.15, -0.1) is 0 Å². The van der Waals surface area contributed by atoms with E-state index in [9.17, 15) is 13.2 Å². The van der Waals surface area contributed by atoms with Gasteiger partial charge in [0.05, 0.1) is 11.7 Å². The van der Waals surface area contributed by atoms with Crippen molar-refractivity contribution in [2.75, 3.05) is 43.5 Å². The molecular formula is C21H26F3N5O. The smallest absolute Gasteiger partial charge is 0.378 e. The molecule has 0 unspecified atom stereocenters. The standard InChI is InChI=1S/C21H26F3N5O/c1-13(2)28-9-15(10-28)14-6-19(27-20(7-14)29-11-17(12-29)30-3)26-18-8-16(4-5-25-18)21(22,23)24/h4-8,13,15,17H,9-12H2,1-3H3,(H,25,26,27). The van der Waals surface area contributed by atoms with Crippen molar-refractivity contribution in [3.63, 3.8) is 0 Å². The average molecular weight is 421 g/mol. The summed E-state index contributed by atoms with van der Waals surface area (Å²) in [6.07, 6.45) is -3.09. The maximum absolute atomic E-state index is 13.0. The summed E-state index contributed by atoms with van der Waals surface area (Å²) in [4.78, 5) is 13.2. The van der Waals surface area contributed by atoms with E-state index in [1.165, 1.54) is 0 Å². The number of alkyl halides is 3. The molecule has 2 aromatic rings. The number of anilines is 3. The molecule has 2 aliphatic heterocycles. The van der Waals surface area contributed by atoms with Crippen molar-refractivity contribution in [2.45, 2.75) is 38.1 Å². The number of nitrogens with zero attached hydrogens (tertiary/aromatic N) is 4. The van der Waals surface area contributed by atoms with Crippen LogP contribution in [0.15, 0.2) is 30.5 Å². The summed E-state index contributed by atoms with van der Waals surface area (Å²) in [5.41, 5.74) is 0.390. The van der Waals surface area contributed by atoms with E-state index >= 15 is 0 Å². The van der Waals surface area contributed by atoms with Gasteiger partial charge in [0.2, 0.25) is 0 Å². The van der Waals surface area contributed by atoms with Gasteiger partial charge in [0.25, 0.3) is 0 Å². The Labute approximate surface area is 174 Å². The van der Waals surface area contributed by atoms with Gasteiger partial charge >= 0.3 is 6.18 Å². The third-order valence-electron chi connectivity index (χ3n) is 5.79. The molecule has 2 aromatic heterocycles. The van der Waals surface area contributed by atoms with Crippen molar-refractivity contribution in [1.82, 2.24) is 14.9 Å². The first-order chi connectivity index (χ1) is 14.2. The molecular weight excluding hydrogens is 395 g/mol. The van der Waals surface area contributed by atoms with Crippen molar-refractivity contribution >= 4 is 17.5 Å². The Morgan fingerprint density at radius 2 is 1.83 bits per heavy atom. The molecule has 0 saturated carbocycles. The van der Waals surface area contributed by atoms with Crippen LogP contribution in [-0.4, -0.2) is 60.3 Å². The summed E-state index contributed by atoms with van der Waals surface area (Å²) in [5.74, 6) is 1.80. The van der Waals surface area contributed by atoms with E-state index in [0.29, 0.717) is 17.8 Å². The molecule has 0 atom stereocenters. The van der Waals surface area contributed by atoms with Crippen LogP contribution in [0.5, 0.6) is 0 Å². The van der Waals surface area contributed by atoms with Crippen molar-refractivity contribution in [3.8, 4) is 0 Å². The maximum atomic E-state index is 13.0. The molecule has 0 aliphatic carbocycles. The molecule has 2 saturated heterocycles. The Kier molecular flexibility index (Phi) is 5.59. The van der Waals surface area contributed by atoms with Gasteiger partial charge in [-0.1, -0.05) is 0 Å². The molecule has 30 heavy (non-hydrogen) atoms. The van der Waals surface area contributed by atoms with Crippen LogP contribution in [0.3, 0.4) is 0 Å². The fraction of sp³-hybridized carbons (Fsp3) is 0.524. The summed E-state index contributed by atoms with van der Waals surface area (Å²) in [7, 11) is 1.69. The molecule has 6 nitrogen and oxygen atoms in total. The fourth-order valence-electron chi connectivity index (χ4n) is 3.72. The van der Waals surface area contributed by atoms with Crippen LogP contribution in [0.1, 0.15) is 30.9 Å². The summed E-state index contributed by atoms with van der Waals surface area (Å²) in [5, 5.41) is 2.97. The highest BCUT2D eigenvalue weighted by Crippen LogP contribution is 2.34. The Morgan fingerprint density at radius 3 is 2.47 bits per heavy atom. The van der Waals surface area contributed by atoms with Crippen molar-refractivity contribution < 1.29 is 17.9 Å². The molecule has 0 radical (unpaired) electrons. The molecule has 4 rings (SSSR count). The van der Waals surface area contributed by atoms with E-state index in [1.54, 1.807) is 7.11 Å². The van der Waals surface area contributed by atoms with E-state index in [1.807, 2.05) is 6.07 Å². The Bertz CT molecular complexity index is 892. The quantitative estimate of drug-likeness (QED) is 0.764. The number of rotatable bonds is 6. The number of halogens is 3. The number of likely N-dealkylation sites (tertiary alicyclic amines) is 1. The number of ether oxygens (including phenoxy) is 1. The zero-order valence-electron chi connectivity index (χ0n) is 17.3. The summed E-state index contributed by atoms with van der Waals surface area (Å²) < 4.78 is 44.4. The molecule has 2 fully saturated rings. The first kappa shape index (κ1) is 20.9. The molecule has 9 heteroatoms. The molecule has 2 aliphatic rings. The number of pyridine rings is 2. The topological polar surface area (TPSA) is 53.5 Å². The highest BCUT2D eigenvalue weighted by atomic mass is 19.4. The first-order valence-corrected chi connectivity index (χ1v) is 10.1. The molecule has 162 valence electrons. The zero-order valence-corrected chi connectivity index (χ0v) is 17.3. The Balaban J connectivity index is 1.58. The highest BCUT2D eigenvalue weighted by molar-refractivity contribution is 5.59. The number of aromatic nitrogens is 2. The lowest BCUT2D eigenvalue weighted by Gasteiger charge is -2.43. The van der Waals surface area contributed by atoms with Gasteiger partial charge in [-0.25, -0.2) is 9.97 Å². The SMILES string of the molecule is COC1CN(c2cc(C3CN(C(C)C)C3)cc(Nc3cc(C(F)(F)F)ccn3)n2)C1. The number of nitrogens with one attached hydrogen (secondary N) is 1. The van der Waals surface area contributed by atoms with Gasteiger partial charge < -0.3 is 15.0 Å². The molecule has 0 amide bonds. The van der Waals surface area contributed by atoms with E-state index in [0.717, 1.165) is 55.9 Å². The third-order valence-corrected chi connectivity index (χ3v) is 5.79. The van der Waals surface area contributed by atoms with Crippen LogP contribution < -0.4 is 10.2 Å². The molecule has 4 heterocycles. The molecule has 1 N–H and O–H groups in total. The van der Waals surface area contributed by atoms with Gasteiger partial charge in [0.15, 0.2) is 0 Å². The third kappa shape index (κ3) is 4.37. The lowest BCUT2D eigenvalue weighted by Crippen LogP contribution is -2.52. The van der Waals surface area contributed by atoms with Crippen LogP contribution >= 0.6 is 0 Å². The van der Waals surface area contributed by atoms with Crippen molar-refractivity contribution in [1.29, 1.82) is 0 Å². The lowest BCUT2D eigenvalue weighted by molar-refractivity contribution is -0.137. The van der Waals surface area contributed by atoms with Gasteiger partial charge in [-0.05, 0) is 43.7 Å². The van der Waals surface area contributed by atoms with E-state index in [4.69, 9.17) is 4.74 Å². The average Bonchev–Trinajstić information content (AvgIpc) is 2.58. The van der Waals surface area contributed by atoms with Crippen LogP contribution in [0, 0.1) is 0 Å². The minimum atomic E-state index is -4.42. The second-order valence-electron chi connectivity index (χ2n) is 8.20. The minimum absolute atomic E-state index is 0.121. The van der Waals surface area contributed by atoms with Crippen molar-refractivity contribution in [2.24, 2.45) is 0 Å². The number of hydrogen-bond acceptors (Lipinski definition) is 6. The fourth-order valence-corrected chi connectivity index (χ4v) is 3.72. The first-order valence-electron chi connectivity index (χ1n) is 10.1. The van der Waals surface area contributed by atoms with Crippen LogP contribution in [0.2, 0.25) is 0 Å². The second-order valence-corrected chi connectivity index (χ2v) is 8.20. The number of methoxy groups -OCH3 is 1. The monoisotopic (exact) mass is 421 g/mol. The predicted octanol–water partition coefficient (Wildman–Crippen LogP) is 3.88.